The first-order valence-corrected chi connectivity index (χ1v) is 8.00. The Bertz CT molecular complexity index is 766. The summed E-state index contributed by atoms with van der Waals surface area (Å²) in [7, 11) is 0. The van der Waals surface area contributed by atoms with Gasteiger partial charge in [-0.15, -0.1) is 11.3 Å². The van der Waals surface area contributed by atoms with Crippen molar-refractivity contribution in [3.8, 4) is 17.6 Å². The Balaban J connectivity index is 1.65. The van der Waals surface area contributed by atoms with Crippen LogP contribution in [0.1, 0.15) is 12.5 Å². The van der Waals surface area contributed by atoms with E-state index in [0.29, 0.717) is 35.3 Å². The maximum atomic E-state index is 12.2. The smallest absolute Gasteiger partial charge is 0.247 e. The van der Waals surface area contributed by atoms with Crippen molar-refractivity contribution in [2.75, 3.05) is 23.8 Å². The Kier molecular flexibility index (Phi) is 4.35. The zero-order valence-electron chi connectivity index (χ0n) is 12.5. The molecule has 3 rings (SSSR count). The molecule has 0 saturated heterocycles. The number of anilines is 2. The Labute approximate surface area is 137 Å². The summed E-state index contributed by atoms with van der Waals surface area (Å²) in [4.78, 5) is 12.2. The number of thiophene rings is 1. The van der Waals surface area contributed by atoms with Crippen molar-refractivity contribution < 1.29 is 14.3 Å². The molecule has 0 bridgehead atoms. The van der Waals surface area contributed by atoms with Crippen LogP contribution in [0.5, 0.6) is 11.5 Å². The minimum atomic E-state index is -0.466. The Hall–Kier alpha value is -2.72. The van der Waals surface area contributed by atoms with Gasteiger partial charge < -0.3 is 20.1 Å². The van der Waals surface area contributed by atoms with E-state index in [1.807, 2.05) is 24.3 Å². The van der Waals surface area contributed by atoms with Crippen LogP contribution in [0.25, 0.3) is 0 Å². The average molecular weight is 329 g/mol. The first-order valence-electron chi connectivity index (χ1n) is 7.12. The molecule has 2 heterocycles. The predicted molar refractivity (Wildman–Crippen MR) is 88.2 cm³/mol. The largest absolute Gasteiger partial charge is 0.486 e. The van der Waals surface area contributed by atoms with Gasteiger partial charge in [0.1, 0.15) is 30.3 Å². The second-order valence-corrected chi connectivity index (χ2v) is 5.91. The molecule has 118 valence electrons. The number of hydrogen-bond donors (Lipinski definition) is 2. The fourth-order valence-corrected chi connectivity index (χ4v) is 2.90. The monoisotopic (exact) mass is 329 g/mol. The van der Waals surface area contributed by atoms with Crippen LogP contribution in [0, 0.1) is 11.3 Å². The highest BCUT2D eigenvalue weighted by atomic mass is 32.1. The van der Waals surface area contributed by atoms with Gasteiger partial charge in [-0.05, 0) is 30.5 Å². The first-order chi connectivity index (χ1) is 11.2. The van der Waals surface area contributed by atoms with E-state index in [2.05, 4.69) is 10.6 Å². The third-order valence-electron chi connectivity index (χ3n) is 3.34. The summed E-state index contributed by atoms with van der Waals surface area (Å²) in [5.74, 6) is 1.16. The summed E-state index contributed by atoms with van der Waals surface area (Å²) >= 11 is 1.33. The number of carbonyl (C=O) groups excluding carboxylic acids is 1. The van der Waals surface area contributed by atoms with Gasteiger partial charge in [-0.3, -0.25) is 4.79 Å². The van der Waals surface area contributed by atoms with Crippen LogP contribution in [-0.4, -0.2) is 25.2 Å². The molecular weight excluding hydrogens is 314 g/mol. The zero-order valence-corrected chi connectivity index (χ0v) is 13.3. The summed E-state index contributed by atoms with van der Waals surface area (Å²) in [6.45, 7) is 2.81. The highest BCUT2D eigenvalue weighted by molar-refractivity contribution is 7.14. The van der Waals surface area contributed by atoms with Crippen LogP contribution >= 0.6 is 11.3 Å². The number of fused-ring (bicyclic) bond motifs is 1. The minimum Gasteiger partial charge on any atom is -0.486 e. The highest BCUT2D eigenvalue weighted by Crippen LogP contribution is 2.32. The molecule has 1 aromatic carbocycles. The molecule has 7 heteroatoms. The lowest BCUT2D eigenvalue weighted by molar-refractivity contribution is -0.116. The lowest BCUT2D eigenvalue weighted by Crippen LogP contribution is -2.31. The molecule has 23 heavy (non-hydrogen) atoms. The van der Waals surface area contributed by atoms with E-state index >= 15 is 0 Å². The second kappa shape index (κ2) is 6.58. The van der Waals surface area contributed by atoms with Crippen LogP contribution in [0.15, 0.2) is 29.6 Å². The molecule has 6 nitrogen and oxygen atoms in total. The summed E-state index contributed by atoms with van der Waals surface area (Å²) in [5.41, 5.74) is 1.23. The molecule has 1 atom stereocenters. The predicted octanol–water partition coefficient (Wildman–Crippen LogP) is 2.83. The third-order valence-corrected chi connectivity index (χ3v) is 4.17. The van der Waals surface area contributed by atoms with Crippen LogP contribution in [-0.2, 0) is 4.79 Å². The summed E-state index contributed by atoms with van der Waals surface area (Å²) in [5, 5.41) is 17.2. The van der Waals surface area contributed by atoms with Crippen molar-refractivity contribution in [2.45, 2.75) is 13.0 Å². The quantitative estimate of drug-likeness (QED) is 0.901. The van der Waals surface area contributed by atoms with Crippen molar-refractivity contribution in [2.24, 2.45) is 0 Å². The molecule has 1 amide bonds. The fraction of sp³-hybridized carbons (Fsp3) is 0.250. The molecule has 1 aliphatic rings. The van der Waals surface area contributed by atoms with E-state index in [9.17, 15) is 4.79 Å². The van der Waals surface area contributed by atoms with E-state index in [0.717, 1.165) is 5.69 Å². The second-order valence-electron chi connectivity index (χ2n) is 4.99. The number of rotatable bonds is 4. The van der Waals surface area contributed by atoms with Gasteiger partial charge >= 0.3 is 0 Å². The first kappa shape index (κ1) is 15.2. The van der Waals surface area contributed by atoms with Gasteiger partial charge in [0.05, 0.1) is 5.56 Å². The van der Waals surface area contributed by atoms with E-state index in [1.54, 1.807) is 18.4 Å². The van der Waals surface area contributed by atoms with Gasteiger partial charge in [-0.25, -0.2) is 0 Å². The maximum Gasteiger partial charge on any atom is 0.247 e. The molecule has 2 aromatic rings. The molecule has 0 fully saturated rings. The normalized spacial score (nSPS) is 13.7. The molecule has 0 radical (unpaired) electrons. The van der Waals surface area contributed by atoms with E-state index in [4.69, 9.17) is 14.7 Å². The molecule has 0 aliphatic carbocycles. The fourth-order valence-electron chi connectivity index (χ4n) is 2.16. The lowest BCUT2D eigenvalue weighted by Gasteiger charge is -2.20. The van der Waals surface area contributed by atoms with Gasteiger partial charge in [-0.2, -0.15) is 5.26 Å². The molecule has 0 unspecified atom stereocenters. The number of hydrogen-bond acceptors (Lipinski definition) is 6. The SMILES string of the molecule is C[C@H](Nc1ccc2c(c1)OCCO2)C(=O)Nc1sccc1C#N. The van der Waals surface area contributed by atoms with Crippen molar-refractivity contribution in [1.82, 2.24) is 0 Å². The summed E-state index contributed by atoms with van der Waals surface area (Å²) < 4.78 is 11.0. The van der Waals surface area contributed by atoms with Crippen LogP contribution in [0.2, 0.25) is 0 Å². The number of benzene rings is 1. The molecule has 2 N–H and O–H groups in total. The lowest BCUT2D eigenvalue weighted by atomic mass is 10.2. The van der Waals surface area contributed by atoms with Crippen molar-refractivity contribution in [1.29, 1.82) is 5.26 Å². The van der Waals surface area contributed by atoms with E-state index in [1.165, 1.54) is 11.3 Å². The number of nitrogens with one attached hydrogen (secondary N) is 2. The van der Waals surface area contributed by atoms with Crippen molar-refractivity contribution >= 4 is 27.9 Å². The van der Waals surface area contributed by atoms with Crippen LogP contribution < -0.4 is 20.1 Å². The molecule has 1 aliphatic heterocycles. The summed E-state index contributed by atoms with van der Waals surface area (Å²) in [6.07, 6.45) is 0. The standard InChI is InChI=1S/C16H15N3O3S/c1-10(15(20)19-16-11(9-17)4-7-23-16)18-12-2-3-13-14(8-12)22-6-5-21-13/h2-4,7-8,10,18H,5-6H2,1H3,(H,19,20)/t10-/m0/s1. The van der Waals surface area contributed by atoms with E-state index in [-0.39, 0.29) is 5.91 Å². The molecule has 0 spiro atoms. The number of amides is 1. The maximum absolute atomic E-state index is 12.2. The Morgan fingerprint density at radius 3 is 2.87 bits per heavy atom. The highest BCUT2D eigenvalue weighted by Gasteiger charge is 2.17. The Morgan fingerprint density at radius 2 is 2.09 bits per heavy atom. The number of nitrogens with zero attached hydrogens (tertiary/aromatic N) is 1. The van der Waals surface area contributed by atoms with Crippen molar-refractivity contribution in [3.05, 3.63) is 35.2 Å². The third kappa shape index (κ3) is 3.38. The number of ether oxygens (including phenoxy) is 2. The average Bonchev–Trinajstić information content (AvgIpc) is 3.01. The summed E-state index contributed by atoms with van der Waals surface area (Å²) in [6, 6.07) is 8.72. The topological polar surface area (TPSA) is 83.4 Å². The molecule has 1 aromatic heterocycles. The number of nitriles is 1. The van der Waals surface area contributed by atoms with E-state index < -0.39 is 6.04 Å². The van der Waals surface area contributed by atoms with Crippen LogP contribution in [0.3, 0.4) is 0 Å². The molecule has 0 saturated carbocycles. The van der Waals surface area contributed by atoms with Gasteiger partial charge in [0.2, 0.25) is 5.91 Å². The Morgan fingerprint density at radius 1 is 1.30 bits per heavy atom. The van der Waals surface area contributed by atoms with Gasteiger partial charge in [0.25, 0.3) is 0 Å². The van der Waals surface area contributed by atoms with Crippen LogP contribution in [0.4, 0.5) is 10.7 Å². The van der Waals surface area contributed by atoms with Crippen molar-refractivity contribution in [3.63, 3.8) is 0 Å². The minimum absolute atomic E-state index is 0.209. The van der Waals surface area contributed by atoms with Gasteiger partial charge in [-0.1, -0.05) is 0 Å². The zero-order chi connectivity index (χ0) is 16.2. The van der Waals surface area contributed by atoms with Gasteiger partial charge in [0.15, 0.2) is 11.5 Å². The van der Waals surface area contributed by atoms with Gasteiger partial charge in [0, 0.05) is 11.8 Å². The molecular formula is C16H15N3O3S. The number of carbonyl (C=O) groups is 1.